The number of hydrogen-bond acceptors (Lipinski definition) is 5. The summed E-state index contributed by atoms with van der Waals surface area (Å²) < 4.78 is 35.9. The van der Waals surface area contributed by atoms with Gasteiger partial charge in [-0.2, -0.15) is 0 Å². The van der Waals surface area contributed by atoms with Crippen LogP contribution in [0, 0.1) is 0 Å². The second kappa shape index (κ2) is 8.74. The number of carbonyl (C=O) groups is 1. The zero-order valence-corrected chi connectivity index (χ0v) is 16.5. The maximum absolute atomic E-state index is 12.2. The quantitative estimate of drug-likeness (QED) is 0.752. The van der Waals surface area contributed by atoms with Crippen molar-refractivity contribution in [2.75, 3.05) is 33.6 Å². The molecule has 0 bridgehead atoms. The predicted molar refractivity (Wildman–Crippen MR) is 103 cm³/mol. The first-order valence-electron chi connectivity index (χ1n) is 8.06. The van der Waals surface area contributed by atoms with Gasteiger partial charge in [-0.25, -0.2) is 17.5 Å². The van der Waals surface area contributed by atoms with Crippen LogP contribution in [0.4, 0.5) is 10.5 Å². The molecule has 8 nitrogen and oxygen atoms in total. The van der Waals surface area contributed by atoms with Gasteiger partial charge >= 0.3 is 6.03 Å². The Labute approximate surface area is 159 Å². The van der Waals surface area contributed by atoms with Crippen molar-refractivity contribution in [3.8, 4) is 11.5 Å². The molecule has 0 saturated heterocycles. The molecule has 0 atom stereocenters. The molecule has 0 aromatic heterocycles. The number of carbonyl (C=O) groups excluding carboxylic acids is 1. The van der Waals surface area contributed by atoms with Crippen LogP contribution in [0.15, 0.2) is 47.4 Å². The number of benzene rings is 2. The van der Waals surface area contributed by atoms with Gasteiger partial charge in [-0.15, -0.1) is 0 Å². The van der Waals surface area contributed by atoms with Crippen molar-refractivity contribution >= 4 is 21.7 Å². The molecule has 0 aliphatic rings. The summed E-state index contributed by atoms with van der Waals surface area (Å²) in [5, 5.41) is 5.33. The third-order valence-electron chi connectivity index (χ3n) is 3.80. The second-order valence-electron chi connectivity index (χ2n) is 5.80. The van der Waals surface area contributed by atoms with E-state index in [1.807, 2.05) is 0 Å². The lowest BCUT2D eigenvalue weighted by molar-refractivity contribution is 0.251. The Kier molecular flexibility index (Phi) is 6.65. The van der Waals surface area contributed by atoms with Gasteiger partial charge in [0.15, 0.2) is 0 Å². The minimum absolute atomic E-state index is 0.0970. The smallest absolute Gasteiger partial charge is 0.319 e. The number of sulfonamides is 1. The molecule has 0 fully saturated rings. The third-order valence-corrected chi connectivity index (χ3v) is 5.61. The number of nitrogens with one attached hydrogen (secondary N) is 2. The molecule has 0 heterocycles. The molecule has 2 N–H and O–H groups in total. The van der Waals surface area contributed by atoms with Gasteiger partial charge in [0, 0.05) is 31.9 Å². The average Bonchev–Trinajstić information content (AvgIpc) is 2.66. The van der Waals surface area contributed by atoms with E-state index in [4.69, 9.17) is 9.47 Å². The number of amides is 2. The Bertz CT molecular complexity index is 913. The van der Waals surface area contributed by atoms with Crippen molar-refractivity contribution < 1.29 is 22.7 Å². The molecule has 0 aliphatic heterocycles. The summed E-state index contributed by atoms with van der Waals surface area (Å²) in [6, 6.07) is 10.9. The fourth-order valence-corrected chi connectivity index (χ4v) is 3.26. The Hall–Kier alpha value is -2.78. The van der Waals surface area contributed by atoms with Crippen molar-refractivity contribution in [1.82, 2.24) is 9.62 Å². The van der Waals surface area contributed by atoms with Crippen LogP contribution in [-0.4, -0.2) is 47.1 Å². The van der Waals surface area contributed by atoms with Crippen LogP contribution >= 0.6 is 0 Å². The van der Waals surface area contributed by atoms with Crippen molar-refractivity contribution in [1.29, 1.82) is 0 Å². The lowest BCUT2D eigenvalue weighted by Crippen LogP contribution is -2.28. The maximum atomic E-state index is 12.2. The molecule has 0 aliphatic carbocycles. The van der Waals surface area contributed by atoms with E-state index >= 15 is 0 Å². The Morgan fingerprint density at radius 1 is 1.07 bits per heavy atom. The highest BCUT2D eigenvalue weighted by Gasteiger charge is 2.17. The van der Waals surface area contributed by atoms with E-state index in [0.29, 0.717) is 17.2 Å². The van der Waals surface area contributed by atoms with Gasteiger partial charge in [0.1, 0.15) is 11.5 Å². The molecule has 0 radical (unpaired) electrons. The number of methoxy groups -OCH3 is 2. The normalized spacial score (nSPS) is 11.1. The number of hydrogen-bond donors (Lipinski definition) is 2. The summed E-state index contributed by atoms with van der Waals surface area (Å²) in [5.74, 6) is 1.27. The number of nitrogens with zero attached hydrogens (tertiary/aromatic N) is 1. The summed E-state index contributed by atoms with van der Waals surface area (Å²) in [6.07, 6.45) is 0. The number of urea groups is 1. The lowest BCUT2D eigenvalue weighted by atomic mass is 10.2. The molecule has 0 saturated carbocycles. The SMILES string of the molecule is COc1ccc(OC)c(CNC(=O)Nc2cccc(S(=O)(=O)N(C)C)c2)c1. The van der Waals surface area contributed by atoms with E-state index in [1.54, 1.807) is 44.6 Å². The van der Waals surface area contributed by atoms with Gasteiger partial charge in [-0.05, 0) is 36.4 Å². The monoisotopic (exact) mass is 393 g/mol. The summed E-state index contributed by atoms with van der Waals surface area (Å²) in [4.78, 5) is 12.3. The minimum Gasteiger partial charge on any atom is -0.497 e. The van der Waals surface area contributed by atoms with Gasteiger partial charge in [-0.3, -0.25) is 0 Å². The van der Waals surface area contributed by atoms with E-state index in [1.165, 1.54) is 26.2 Å². The summed E-state index contributed by atoms with van der Waals surface area (Å²) >= 11 is 0. The summed E-state index contributed by atoms with van der Waals surface area (Å²) in [7, 11) is 2.42. The van der Waals surface area contributed by atoms with E-state index in [0.717, 1.165) is 9.87 Å². The largest absolute Gasteiger partial charge is 0.497 e. The Morgan fingerprint density at radius 3 is 2.44 bits per heavy atom. The molecular weight excluding hydrogens is 370 g/mol. The van der Waals surface area contributed by atoms with E-state index < -0.39 is 16.1 Å². The minimum atomic E-state index is -3.58. The van der Waals surface area contributed by atoms with Crippen LogP contribution in [0.5, 0.6) is 11.5 Å². The highest BCUT2D eigenvalue weighted by molar-refractivity contribution is 7.89. The molecule has 0 unspecified atom stereocenters. The highest BCUT2D eigenvalue weighted by atomic mass is 32.2. The number of rotatable bonds is 7. The topological polar surface area (TPSA) is 97.0 Å². The zero-order chi connectivity index (χ0) is 20.0. The average molecular weight is 393 g/mol. The van der Waals surface area contributed by atoms with Crippen LogP contribution in [0.25, 0.3) is 0 Å². The molecular formula is C18H23N3O5S. The molecule has 27 heavy (non-hydrogen) atoms. The second-order valence-corrected chi connectivity index (χ2v) is 7.95. The third kappa shape index (κ3) is 5.11. The first-order valence-corrected chi connectivity index (χ1v) is 9.50. The molecule has 2 aromatic carbocycles. The first kappa shape index (κ1) is 20.5. The van der Waals surface area contributed by atoms with Crippen LogP contribution < -0.4 is 20.1 Å². The zero-order valence-electron chi connectivity index (χ0n) is 15.6. The van der Waals surface area contributed by atoms with Gasteiger partial charge in [0.25, 0.3) is 0 Å². The Balaban J connectivity index is 2.07. The van der Waals surface area contributed by atoms with Crippen LogP contribution in [0.1, 0.15) is 5.56 Å². The van der Waals surface area contributed by atoms with Crippen molar-refractivity contribution in [3.05, 3.63) is 48.0 Å². The lowest BCUT2D eigenvalue weighted by Gasteiger charge is -2.14. The van der Waals surface area contributed by atoms with Crippen molar-refractivity contribution in [2.45, 2.75) is 11.4 Å². The number of ether oxygens (including phenoxy) is 2. The number of anilines is 1. The molecule has 9 heteroatoms. The molecule has 0 spiro atoms. The van der Waals surface area contributed by atoms with Gasteiger partial charge in [-0.1, -0.05) is 6.07 Å². The van der Waals surface area contributed by atoms with Crippen molar-refractivity contribution in [3.63, 3.8) is 0 Å². The van der Waals surface area contributed by atoms with E-state index in [2.05, 4.69) is 10.6 Å². The first-order chi connectivity index (χ1) is 12.8. The summed E-state index contributed by atoms with van der Waals surface area (Å²) in [6.45, 7) is 0.210. The van der Waals surface area contributed by atoms with Crippen molar-refractivity contribution in [2.24, 2.45) is 0 Å². The highest BCUT2D eigenvalue weighted by Crippen LogP contribution is 2.24. The Morgan fingerprint density at radius 2 is 1.81 bits per heavy atom. The fraction of sp³-hybridized carbons (Fsp3) is 0.278. The fourth-order valence-electron chi connectivity index (χ4n) is 2.32. The van der Waals surface area contributed by atoms with E-state index in [9.17, 15) is 13.2 Å². The maximum Gasteiger partial charge on any atom is 0.319 e. The van der Waals surface area contributed by atoms with Crippen LogP contribution in [-0.2, 0) is 16.6 Å². The van der Waals surface area contributed by atoms with E-state index in [-0.39, 0.29) is 11.4 Å². The van der Waals surface area contributed by atoms with Gasteiger partial charge in [0.2, 0.25) is 10.0 Å². The predicted octanol–water partition coefficient (Wildman–Crippen LogP) is 2.28. The van der Waals surface area contributed by atoms with Gasteiger partial charge < -0.3 is 20.1 Å². The van der Waals surface area contributed by atoms with Crippen LogP contribution in [0.3, 0.4) is 0 Å². The summed E-state index contributed by atoms with van der Waals surface area (Å²) in [5.41, 5.74) is 1.11. The standard InChI is InChI=1S/C18H23N3O5S/c1-21(2)27(23,24)16-7-5-6-14(11-16)20-18(22)19-12-13-10-15(25-3)8-9-17(13)26-4/h5-11H,12H2,1-4H3,(H2,19,20,22). The molecule has 146 valence electrons. The molecule has 2 aromatic rings. The van der Waals surface area contributed by atoms with Gasteiger partial charge in [0.05, 0.1) is 19.1 Å². The molecule has 2 amide bonds. The van der Waals surface area contributed by atoms with Crippen LogP contribution in [0.2, 0.25) is 0 Å². The molecule has 2 rings (SSSR count).